The lowest BCUT2D eigenvalue weighted by molar-refractivity contribution is -0.136. The van der Waals surface area contributed by atoms with Crippen molar-refractivity contribution in [2.24, 2.45) is 0 Å². The van der Waals surface area contributed by atoms with Crippen LogP contribution in [0.5, 0.6) is 0 Å². The van der Waals surface area contributed by atoms with Gasteiger partial charge in [0.25, 0.3) is 0 Å². The third-order valence-electron chi connectivity index (χ3n) is 2.10. The Kier molecular flexibility index (Phi) is 2.55. The van der Waals surface area contributed by atoms with E-state index >= 15 is 0 Å². The summed E-state index contributed by atoms with van der Waals surface area (Å²) in [5.74, 6) is -0.906. The molecule has 6 nitrogen and oxygen atoms in total. The van der Waals surface area contributed by atoms with Crippen LogP contribution >= 0.6 is 0 Å². The Morgan fingerprint density at radius 3 is 2.94 bits per heavy atom. The molecule has 2 aromatic rings. The van der Waals surface area contributed by atoms with Crippen molar-refractivity contribution < 1.29 is 9.90 Å². The minimum atomic E-state index is -0.906. The van der Waals surface area contributed by atoms with Gasteiger partial charge in [-0.2, -0.15) is 5.10 Å². The zero-order chi connectivity index (χ0) is 11.5. The molecule has 0 aliphatic rings. The number of nitrogens with zero attached hydrogens (tertiary/aromatic N) is 2. The lowest BCUT2D eigenvalue weighted by Crippen LogP contribution is -2.14. The number of aliphatic carboxylic acids is 1. The summed E-state index contributed by atoms with van der Waals surface area (Å²) in [6.07, 6.45) is 1.28. The van der Waals surface area contributed by atoms with Crippen LogP contribution in [-0.2, 0) is 11.2 Å². The van der Waals surface area contributed by atoms with Crippen LogP contribution in [0.2, 0.25) is 0 Å². The fraction of sp³-hybridized carbons (Fsp3) is 0.100. The molecule has 1 aromatic heterocycles. The molecule has 2 rings (SSSR count). The molecule has 0 aliphatic carbocycles. The van der Waals surface area contributed by atoms with Gasteiger partial charge in [0.05, 0.1) is 12.1 Å². The number of rotatable bonds is 3. The Bertz CT molecular complexity index is 570. The largest absolute Gasteiger partial charge is 0.481 e. The van der Waals surface area contributed by atoms with E-state index in [0.717, 1.165) is 0 Å². The van der Waals surface area contributed by atoms with Gasteiger partial charge in [0.15, 0.2) is 0 Å². The number of H-pyrrole nitrogens is 1. The van der Waals surface area contributed by atoms with Crippen LogP contribution in [0.15, 0.2) is 35.4 Å². The number of nitrogens with one attached hydrogen (secondary N) is 1. The molecule has 0 unspecified atom stereocenters. The highest BCUT2D eigenvalue weighted by Crippen LogP contribution is 2.08. The number of carboxylic acid groups (broad SMARTS) is 1. The summed E-state index contributed by atoms with van der Waals surface area (Å²) in [6.45, 7) is 0. The van der Waals surface area contributed by atoms with E-state index in [0.29, 0.717) is 11.3 Å². The van der Waals surface area contributed by atoms with Gasteiger partial charge in [-0.3, -0.25) is 4.79 Å². The Hall–Kier alpha value is -2.37. The minimum Gasteiger partial charge on any atom is -0.481 e. The summed E-state index contributed by atoms with van der Waals surface area (Å²) >= 11 is 0. The van der Waals surface area contributed by atoms with Crippen molar-refractivity contribution in [2.75, 3.05) is 0 Å². The van der Waals surface area contributed by atoms with Crippen molar-refractivity contribution in [3.05, 3.63) is 46.6 Å². The maximum absolute atomic E-state index is 11.3. The maximum Gasteiger partial charge on any atom is 0.347 e. The number of benzene rings is 1. The van der Waals surface area contributed by atoms with Crippen LogP contribution in [0.3, 0.4) is 0 Å². The highest BCUT2D eigenvalue weighted by Gasteiger charge is 2.04. The Labute approximate surface area is 90.2 Å². The zero-order valence-corrected chi connectivity index (χ0v) is 8.25. The van der Waals surface area contributed by atoms with E-state index < -0.39 is 5.97 Å². The molecule has 0 saturated carbocycles. The number of hydrogen-bond acceptors (Lipinski definition) is 3. The molecule has 0 amide bonds. The molecule has 0 fully saturated rings. The molecule has 1 heterocycles. The molecular weight excluding hydrogens is 210 g/mol. The molecule has 16 heavy (non-hydrogen) atoms. The van der Waals surface area contributed by atoms with E-state index in [1.807, 2.05) is 0 Å². The van der Waals surface area contributed by atoms with Gasteiger partial charge in [-0.25, -0.2) is 14.5 Å². The van der Waals surface area contributed by atoms with Crippen molar-refractivity contribution in [3.63, 3.8) is 0 Å². The lowest BCUT2D eigenvalue weighted by Gasteiger charge is -2.02. The van der Waals surface area contributed by atoms with Crippen molar-refractivity contribution in [3.8, 4) is 5.69 Å². The Balaban J connectivity index is 2.40. The first-order valence-electron chi connectivity index (χ1n) is 4.60. The van der Waals surface area contributed by atoms with E-state index in [2.05, 4.69) is 10.2 Å². The van der Waals surface area contributed by atoms with Gasteiger partial charge in [-0.1, -0.05) is 12.1 Å². The summed E-state index contributed by atoms with van der Waals surface area (Å²) in [5.41, 5.74) is 0.878. The van der Waals surface area contributed by atoms with E-state index in [1.165, 1.54) is 10.9 Å². The van der Waals surface area contributed by atoms with Crippen LogP contribution in [0.25, 0.3) is 5.69 Å². The molecule has 0 spiro atoms. The summed E-state index contributed by atoms with van der Waals surface area (Å²) < 4.78 is 1.31. The second-order valence-corrected chi connectivity index (χ2v) is 3.27. The number of carboxylic acids is 1. The van der Waals surface area contributed by atoms with Crippen molar-refractivity contribution in [1.82, 2.24) is 14.8 Å². The van der Waals surface area contributed by atoms with Crippen LogP contribution in [0.4, 0.5) is 0 Å². The van der Waals surface area contributed by atoms with E-state index in [4.69, 9.17) is 5.11 Å². The van der Waals surface area contributed by atoms with Crippen LogP contribution < -0.4 is 5.69 Å². The zero-order valence-electron chi connectivity index (χ0n) is 8.25. The average molecular weight is 219 g/mol. The van der Waals surface area contributed by atoms with Gasteiger partial charge in [0, 0.05) is 0 Å². The number of aromatic nitrogens is 3. The average Bonchev–Trinajstić information content (AvgIpc) is 2.64. The van der Waals surface area contributed by atoms with Crippen molar-refractivity contribution >= 4 is 5.97 Å². The number of aromatic amines is 1. The molecule has 0 radical (unpaired) electrons. The standard InChI is InChI=1S/C10H9N3O3/c14-9(15)5-7-2-1-3-8(4-7)13-6-11-12-10(13)16/h1-4,6H,5H2,(H,12,16)(H,14,15). The molecule has 0 saturated heterocycles. The van der Waals surface area contributed by atoms with Gasteiger partial charge in [0.2, 0.25) is 0 Å². The summed E-state index contributed by atoms with van der Waals surface area (Å²) in [5, 5.41) is 14.5. The first-order chi connectivity index (χ1) is 7.66. The summed E-state index contributed by atoms with van der Waals surface area (Å²) in [7, 11) is 0. The van der Waals surface area contributed by atoms with E-state index in [1.54, 1.807) is 24.3 Å². The second-order valence-electron chi connectivity index (χ2n) is 3.27. The third-order valence-corrected chi connectivity index (χ3v) is 2.10. The monoisotopic (exact) mass is 219 g/mol. The van der Waals surface area contributed by atoms with Crippen molar-refractivity contribution in [2.45, 2.75) is 6.42 Å². The molecule has 2 N–H and O–H groups in total. The molecule has 0 aliphatic heterocycles. The number of hydrogen-bond donors (Lipinski definition) is 2. The first-order valence-corrected chi connectivity index (χ1v) is 4.60. The molecule has 1 aromatic carbocycles. The topological polar surface area (TPSA) is 88.0 Å². The molecule has 0 atom stereocenters. The summed E-state index contributed by atoms with van der Waals surface area (Å²) in [4.78, 5) is 21.8. The molecule has 0 bridgehead atoms. The maximum atomic E-state index is 11.3. The highest BCUT2D eigenvalue weighted by molar-refractivity contribution is 5.70. The SMILES string of the molecule is O=C(O)Cc1cccc(-n2cn[nH]c2=O)c1. The smallest absolute Gasteiger partial charge is 0.347 e. The Morgan fingerprint density at radius 2 is 2.31 bits per heavy atom. The fourth-order valence-corrected chi connectivity index (χ4v) is 1.42. The number of carbonyl (C=O) groups is 1. The van der Waals surface area contributed by atoms with Gasteiger partial charge in [0.1, 0.15) is 6.33 Å². The van der Waals surface area contributed by atoms with Crippen LogP contribution in [-0.4, -0.2) is 25.8 Å². The Morgan fingerprint density at radius 1 is 1.50 bits per heavy atom. The van der Waals surface area contributed by atoms with Crippen molar-refractivity contribution in [1.29, 1.82) is 0 Å². The fourth-order valence-electron chi connectivity index (χ4n) is 1.42. The second kappa shape index (κ2) is 4.01. The lowest BCUT2D eigenvalue weighted by atomic mass is 10.1. The van der Waals surface area contributed by atoms with Gasteiger partial charge < -0.3 is 5.11 Å². The van der Waals surface area contributed by atoms with E-state index in [-0.39, 0.29) is 12.1 Å². The van der Waals surface area contributed by atoms with Gasteiger partial charge in [-0.15, -0.1) is 0 Å². The normalized spacial score (nSPS) is 10.2. The molecular formula is C10H9N3O3. The molecule has 82 valence electrons. The summed E-state index contributed by atoms with van der Waals surface area (Å²) in [6, 6.07) is 6.75. The first kappa shape index (κ1) is 10.2. The third kappa shape index (κ3) is 2.00. The van der Waals surface area contributed by atoms with E-state index in [9.17, 15) is 9.59 Å². The molecule has 6 heteroatoms. The van der Waals surface area contributed by atoms with Crippen LogP contribution in [0, 0.1) is 0 Å². The van der Waals surface area contributed by atoms with Gasteiger partial charge in [-0.05, 0) is 17.7 Å². The van der Waals surface area contributed by atoms with Crippen LogP contribution in [0.1, 0.15) is 5.56 Å². The highest BCUT2D eigenvalue weighted by atomic mass is 16.4. The quantitative estimate of drug-likeness (QED) is 0.771. The predicted molar refractivity (Wildman–Crippen MR) is 55.5 cm³/mol. The minimum absolute atomic E-state index is 0.0690. The predicted octanol–water partition coefficient (Wildman–Crippen LogP) is 0.188. The van der Waals surface area contributed by atoms with Gasteiger partial charge >= 0.3 is 11.7 Å².